The Morgan fingerprint density at radius 2 is 1.61 bits per heavy atom. The van der Waals surface area contributed by atoms with Gasteiger partial charge in [-0.05, 0) is 24.3 Å². The maximum Gasteiger partial charge on any atom is 0.235 e. The van der Waals surface area contributed by atoms with Gasteiger partial charge in [-0.3, -0.25) is 4.79 Å². The minimum Gasteiger partial charge on any atom is -0.309 e. The fourth-order valence-electron chi connectivity index (χ4n) is 3.31. The molecule has 0 spiro atoms. The molecule has 0 atom stereocenters. The van der Waals surface area contributed by atoms with Crippen LogP contribution in [0.5, 0.6) is 0 Å². The van der Waals surface area contributed by atoms with Crippen LogP contribution in [0.3, 0.4) is 0 Å². The van der Waals surface area contributed by atoms with E-state index in [2.05, 4.69) is 31.6 Å². The van der Waals surface area contributed by atoms with Crippen LogP contribution in [0.1, 0.15) is 5.56 Å². The maximum absolute atomic E-state index is 12.8. The molecule has 0 fully saturated rings. The Balaban J connectivity index is 1.35. The first-order valence-electron chi connectivity index (χ1n) is 9.95. The number of aromatic nitrogens is 6. The summed E-state index contributed by atoms with van der Waals surface area (Å²) in [5.74, 6) is 0.142. The number of hydrogen-bond donors (Lipinski definition) is 1. The van der Waals surface area contributed by atoms with Gasteiger partial charge >= 0.3 is 0 Å². The Morgan fingerprint density at radius 1 is 0.939 bits per heavy atom. The molecule has 2 aromatic carbocycles. The van der Waals surface area contributed by atoms with Gasteiger partial charge in [-0.25, -0.2) is 19.3 Å². The van der Waals surface area contributed by atoms with Crippen molar-refractivity contribution in [3.8, 4) is 17.4 Å². The van der Waals surface area contributed by atoms with Gasteiger partial charge in [0.1, 0.15) is 23.0 Å². The van der Waals surface area contributed by atoms with Crippen molar-refractivity contribution in [2.45, 2.75) is 5.03 Å². The largest absolute Gasteiger partial charge is 0.309 e. The van der Waals surface area contributed by atoms with Crippen LogP contribution in [0.15, 0.2) is 84.4 Å². The van der Waals surface area contributed by atoms with Crippen molar-refractivity contribution in [3.05, 3.63) is 84.9 Å². The highest BCUT2D eigenvalue weighted by atomic mass is 32.2. The van der Waals surface area contributed by atoms with E-state index < -0.39 is 0 Å². The van der Waals surface area contributed by atoms with Crippen molar-refractivity contribution in [1.82, 2.24) is 29.5 Å². The molecule has 10 heteroatoms. The molecule has 0 aliphatic carbocycles. The van der Waals surface area contributed by atoms with Crippen LogP contribution < -0.4 is 5.32 Å². The zero-order valence-electron chi connectivity index (χ0n) is 17.2. The molecule has 1 amide bonds. The Kier molecular flexibility index (Phi) is 5.53. The molecule has 3 heterocycles. The Bertz CT molecular complexity index is 1470. The molecule has 0 saturated heterocycles. The quantitative estimate of drug-likeness (QED) is 0.309. The highest BCUT2D eigenvalue weighted by Gasteiger charge is 2.17. The Morgan fingerprint density at radius 3 is 2.30 bits per heavy atom. The first-order valence-corrected chi connectivity index (χ1v) is 10.9. The SMILES string of the molecule is N#Cc1cnn(-c2ccccc2)c1NC(=O)CSc1ncnc2c1cnn2-c1ccccc1. The molecule has 9 nitrogen and oxygen atoms in total. The molecular formula is C23H16N8OS. The molecule has 0 saturated carbocycles. The number of benzene rings is 2. The summed E-state index contributed by atoms with van der Waals surface area (Å²) < 4.78 is 3.27. The zero-order valence-corrected chi connectivity index (χ0v) is 18.0. The zero-order chi connectivity index (χ0) is 22.6. The van der Waals surface area contributed by atoms with Crippen LogP contribution in [0.25, 0.3) is 22.4 Å². The number of nitriles is 1. The molecule has 0 aliphatic heterocycles. The number of carbonyl (C=O) groups excluding carboxylic acids is 1. The van der Waals surface area contributed by atoms with E-state index in [1.165, 1.54) is 29.0 Å². The summed E-state index contributed by atoms with van der Waals surface area (Å²) in [5.41, 5.74) is 2.57. The van der Waals surface area contributed by atoms with Gasteiger partial charge in [0.25, 0.3) is 0 Å². The number of nitrogens with zero attached hydrogens (tertiary/aromatic N) is 7. The minimum atomic E-state index is -0.281. The molecule has 0 bridgehead atoms. The van der Waals surface area contributed by atoms with Crippen molar-refractivity contribution in [3.63, 3.8) is 0 Å². The first-order chi connectivity index (χ1) is 16.2. The monoisotopic (exact) mass is 452 g/mol. The summed E-state index contributed by atoms with van der Waals surface area (Å²) in [6.07, 6.45) is 4.59. The predicted octanol–water partition coefficient (Wildman–Crippen LogP) is 3.60. The molecule has 5 aromatic rings. The lowest BCUT2D eigenvalue weighted by atomic mass is 10.3. The number of fused-ring (bicyclic) bond motifs is 1. The van der Waals surface area contributed by atoms with E-state index in [0.29, 0.717) is 16.5 Å². The van der Waals surface area contributed by atoms with Crippen molar-refractivity contribution in [1.29, 1.82) is 5.26 Å². The molecule has 0 aliphatic rings. The van der Waals surface area contributed by atoms with Gasteiger partial charge in [0.2, 0.25) is 5.91 Å². The minimum absolute atomic E-state index is 0.0907. The summed E-state index contributed by atoms with van der Waals surface area (Å²) in [6, 6.07) is 21.1. The third-order valence-corrected chi connectivity index (χ3v) is 5.82. The third-order valence-electron chi connectivity index (χ3n) is 4.82. The van der Waals surface area contributed by atoms with E-state index in [1.807, 2.05) is 60.7 Å². The predicted molar refractivity (Wildman–Crippen MR) is 124 cm³/mol. The van der Waals surface area contributed by atoms with Crippen LogP contribution in [0.2, 0.25) is 0 Å². The lowest BCUT2D eigenvalue weighted by Gasteiger charge is -2.09. The summed E-state index contributed by atoms with van der Waals surface area (Å²) in [6.45, 7) is 0. The van der Waals surface area contributed by atoms with Crippen molar-refractivity contribution in [2.75, 3.05) is 11.1 Å². The first kappa shape index (κ1) is 20.4. The highest BCUT2D eigenvalue weighted by molar-refractivity contribution is 8.00. The summed E-state index contributed by atoms with van der Waals surface area (Å²) in [5, 5.41) is 22.3. The Hall–Kier alpha value is -4.49. The number of rotatable bonds is 6. The molecule has 0 unspecified atom stereocenters. The van der Waals surface area contributed by atoms with Crippen LogP contribution >= 0.6 is 11.8 Å². The second kappa shape index (κ2) is 8.94. The second-order valence-corrected chi connectivity index (χ2v) is 7.87. The van der Waals surface area contributed by atoms with E-state index in [-0.39, 0.29) is 17.2 Å². The van der Waals surface area contributed by atoms with Gasteiger partial charge in [-0.1, -0.05) is 48.2 Å². The van der Waals surface area contributed by atoms with E-state index in [0.717, 1.165) is 16.8 Å². The average molecular weight is 453 g/mol. The molecule has 160 valence electrons. The normalized spacial score (nSPS) is 10.8. The van der Waals surface area contributed by atoms with Gasteiger partial charge in [0.15, 0.2) is 11.5 Å². The maximum atomic E-state index is 12.8. The van der Waals surface area contributed by atoms with E-state index in [4.69, 9.17) is 0 Å². The number of anilines is 1. The molecule has 1 N–H and O–H groups in total. The van der Waals surface area contributed by atoms with Crippen molar-refractivity contribution >= 4 is 34.5 Å². The second-order valence-electron chi connectivity index (χ2n) is 6.91. The van der Waals surface area contributed by atoms with Gasteiger partial charge in [-0.2, -0.15) is 15.5 Å². The molecule has 3 aromatic heterocycles. The fraction of sp³-hybridized carbons (Fsp3) is 0.0435. The fourth-order valence-corrected chi connectivity index (χ4v) is 4.07. The smallest absolute Gasteiger partial charge is 0.235 e. The Labute approximate surface area is 192 Å². The lowest BCUT2D eigenvalue weighted by molar-refractivity contribution is -0.113. The number of nitrogens with one attached hydrogen (secondary N) is 1. The standard InChI is InChI=1S/C23H16N8OS/c24-11-16-12-27-30(17-7-3-1-4-8-17)21(16)29-20(32)14-33-23-19-13-28-31(22(19)25-15-26-23)18-9-5-2-6-10-18/h1-10,12-13,15H,14H2,(H,29,32). The average Bonchev–Trinajstić information content (AvgIpc) is 3.48. The molecule has 0 radical (unpaired) electrons. The van der Waals surface area contributed by atoms with Crippen molar-refractivity contribution < 1.29 is 4.79 Å². The summed E-state index contributed by atoms with van der Waals surface area (Å²) >= 11 is 1.27. The molecule has 5 rings (SSSR count). The number of amides is 1. The highest BCUT2D eigenvalue weighted by Crippen LogP contribution is 2.26. The van der Waals surface area contributed by atoms with Gasteiger partial charge < -0.3 is 5.32 Å². The van der Waals surface area contributed by atoms with Gasteiger partial charge in [0, 0.05) is 0 Å². The van der Waals surface area contributed by atoms with Crippen molar-refractivity contribution in [2.24, 2.45) is 0 Å². The lowest BCUT2D eigenvalue weighted by Crippen LogP contribution is -2.17. The van der Waals surface area contributed by atoms with E-state index >= 15 is 0 Å². The van der Waals surface area contributed by atoms with E-state index in [9.17, 15) is 10.1 Å². The summed E-state index contributed by atoms with van der Waals surface area (Å²) in [4.78, 5) is 21.4. The van der Waals surface area contributed by atoms with Crippen LogP contribution in [0.4, 0.5) is 5.82 Å². The van der Waals surface area contributed by atoms with Crippen LogP contribution in [-0.4, -0.2) is 41.2 Å². The van der Waals surface area contributed by atoms with Crippen LogP contribution in [-0.2, 0) is 4.79 Å². The van der Waals surface area contributed by atoms with Gasteiger partial charge in [0.05, 0.1) is 34.9 Å². The number of hydrogen-bond acceptors (Lipinski definition) is 7. The number of thioether (sulfide) groups is 1. The number of carbonyl (C=O) groups is 1. The van der Waals surface area contributed by atoms with E-state index in [1.54, 1.807) is 10.9 Å². The molecular weight excluding hydrogens is 436 g/mol. The summed E-state index contributed by atoms with van der Waals surface area (Å²) in [7, 11) is 0. The van der Waals surface area contributed by atoms with Gasteiger partial charge in [-0.15, -0.1) is 0 Å². The van der Waals surface area contributed by atoms with Crippen LogP contribution in [0, 0.1) is 11.3 Å². The number of para-hydroxylation sites is 2. The third kappa shape index (κ3) is 4.05. The molecule has 33 heavy (non-hydrogen) atoms. The topological polar surface area (TPSA) is 114 Å².